The van der Waals surface area contributed by atoms with E-state index in [-0.39, 0.29) is 6.79 Å². The smallest absolute Gasteiger partial charge is 0.189 e. The molecule has 0 aliphatic carbocycles. The van der Waals surface area contributed by atoms with Crippen LogP contribution in [0.1, 0.15) is 11.1 Å². The molecule has 1 aromatic carbocycles. The number of rotatable bonds is 3. The highest BCUT2D eigenvalue weighted by Gasteiger charge is 2.16. The summed E-state index contributed by atoms with van der Waals surface area (Å²) in [7, 11) is 0. The van der Waals surface area contributed by atoms with Crippen LogP contribution in [-0.4, -0.2) is 11.8 Å². The summed E-state index contributed by atoms with van der Waals surface area (Å²) in [5.74, 6) is 2.17. The SMILES string of the molecule is Nc1ccc(SCc2cc(Cl)cc3c2OCOC3)cn1. The number of halogens is 1. The first-order valence-electron chi connectivity index (χ1n) is 6.08. The molecule has 0 saturated heterocycles. The van der Waals surface area contributed by atoms with Crippen LogP contribution in [0.3, 0.4) is 0 Å². The maximum absolute atomic E-state index is 6.14. The number of fused-ring (bicyclic) bond motifs is 1. The lowest BCUT2D eigenvalue weighted by molar-refractivity contribution is -0.0168. The first-order valence-corrected chi connectivity index (χ1v) is 7.45. The van der Waals surface area contributed by atoms with Crippen LogP contribution in [0.25, 0.3) is 0 Å². The first-order chi connectivity index (χ1) is 9.72. The van der Waals surface area contributed by atoms with Crippen molar-refractivity contribution in [1.29, 1.82) is 0 Å². The Balaban J connectivity index is 1.80. The second kappa shape index (κ2) is 5.91. The van der Waals surface area contributed by atoms with Gasteiger partial charge in [0.25, 0.3) is 0 Å². The lowest BCUT2D eigenvalue weighted by Crippen LogP contribution is -2.12. The van der Waals surface area contributed by atoms with E-state index in [0.717, 1.165) is 27.5 Å². The van der Waals surface area contributed by atoms with Crippen LogP contribution in [0, 0.1) is 0 Å². The third kappa shape index (κ3) is 3.00. The highest BCUT2D eigenvalue weighted by atomic mass is 35.5. The molecule has 2 heterocycles. The maximum atomic E-state index is 6.14. The summed E-state index contributed by atoms with van der Waals surface area (Å²) in [5.41, 5.74) is 7.64. The average Bonchev–Trinajstić information content (AvgIpc) is 2.46. The van der Waals surface area contributed by atoms with E-state index in [9.17, 15) is 0 Å². The molecule has 1 aliphatic rings. The fourth-order valence-electron chi connectivity index (χ4n) is 2.00. The summed E-state index contributed by atoms with van der Waals surface area (Å²) in [6.45, 7) is 0.826. The molecule has 1 aromatic heterocycles. The molecule has 3 rings (SSSR count). The van der Waals surface area contributed by atoms with Gasteiger partial charge in [0.15, 0.2) is 6.79 Å². The third-order valence-electron chi connectivity index (χ3n) is 2.91. The summed E-state index contributed by atoms with van der Waals surface area (Å²) < 4.78 is 10.9. The Morgan fingerprint density at radius 2 is 2.25 bits per heavy atom. The monoisotopic (exact) mass is 308 g/mol. The van der Waals surface area contributed by atoms with Crippen molar-refractivity contribution in [2.24, 2.45) is 0 Å². The molecule has 2 N–H and O–H groups in total. The Labute approximate surface area is 126 Å². The van der Waals surface area contributed by atoms with Gasteiger partial charge in [-0.1, -0.05) is 11.6 Å². The Morgan fingerprint density at radius 1 is 1.35 bits per heavy atom. The number of ether oxygens (including phenoxy) is 2. The zero-order valence-corrected chi connectivity index (χ0v) is 12.2. The van der Waals surface area contributed by atoms with Crippen LogP contribution in [0.4, 0.5) is 5.82 Å². The fourth-order valence-corrected chi connectivity index (χ4v) is 3.09. The molecule has 0 spiro atoms. The van der Waals surface area contributed by atoms with E-state index >= 15 is 0 Å². The minimum atomic E-state index is 0.287. The molecule has 0 saturated carbocycles. The van der Waals surface area contributed by atoms with Gasteiger partial charge in [-0.2, -0.15) is 0 Å². The van der Waals surface area contributed by atoms with E-state index in [1.165, 1.54) is 0 Å². The maximum Gasteiger partial charge on any atom is 0.189 e. The molecule has 6 heteroatoms. The molecule has 104 valence electrons. The molecule has 0 unspecified atom stereocenters. The van der Waals surface area contributed by atoms with Crippen LogP contribution in [0.15, 0.2) is 35.4 Å². The van der Waals surface area contributed by atoms with Gasteiger partial charge in [0, 0.05) is 33.0 Å². The molecule has 0 radical (unpaired) electrons. The van der Waals surface area contributed by atoms with Gasteiger partial charge in [0.2, 0.25) is 0 Å². The molecule has 4 nitrogen and oxygen atoms in total. The largest absolute Gasteiger partial charge is 0.467 e. The van der Waals surface area contributed by atoms with Crippen molar-refractivity contribution >= 4 is 29.2 Å². The number of thioether (sulfide) groups is 1. The molecule has 0 fully saturated rings. The summed E-state index contributed by atoms with van der Waals surface area (Å²) in [5, 5.41) is 0.698. The van der Waals surface area contributed by atoms with Crippen LogP contribution in [-0.2, 0) is 17.1 Å². The molecule has 0 amide bonds. The lowest BCUT2D eigenvalue weighted by atomic mass is 10.1. The third-order valence-corrected chi connectivity index (χ3v) is 4.15. The number of benzene rings is 1. The van der Waals surface area contributed by atoms with E-state index in [1.54, 1.807) is 24.0 Å². The van der Waals surface area contributed by atoms with Gasteiger partial charge in [-0.15, -0.1) is 11.8 Å². The van der Waals surface area contributed by atoms with Crippen molar-refractivity contribution in [2.45, 2.75) is 17.3 Å². The number of anilines is 1. The van der Waals surface area contributed by atoms with Crippen molar-refractivity contribution < 1.29 is 9.47 Å². The summed E-state index contributed by atoms with van der Waals surface area (Å²) >= 11 is 7.80. The molecular weight excluding hydrogens is 296 g/mol. The van der Waals surface area contributed by atoms with Crippen molar-refractivity contribution in [3.05, 3.63) is 46.6 Å². The van der Waals surface area contributed by atoms with Crippen molar-refractivity contribution in [3.8, 4) is 5.75 Å². The van der Waals surface area contributed by atoms with Crippen LogP contribution in [0.5, 0.6) is 5.75 Å². The van der Waals surface area contributed by atoms with Crippen molar-refractivity contribution in [1.82, 2.24) is 4.98 Å². The Kier molecular flexibility index (Phi) is 4.00. The number of pyridine rings is 1. The number of hydrogen-bond donors (Lipinski definition) is 1. The second-order valence-corrected chi connectivity index (χ2v) is 5.86. The quantitative estimate of drug-likeness (QED) is 0.880. The van der Waals surface area contributed by atoms with Crippen molar-refractivity contribution in [3.63, 3.8) is 0 Å². The summed E-state index contributed by atoms with van der Waals surface area (Å²) in [6, 6.07) is 7.56. The topological polar surface area (TPSA) is 57.4 Å². The molecule has 2 aromatic rings. The number of aromatic nitrogens is 1. The first kappa shape index (κ1) is 13.5. The molecule has 0 atom stereocenters. The summed E-state index contributed by atoms with van der Waals surface area (Å²) in [4.78, 5) is 5.13. The number of hydrogen-bond acceptors (Lipinski definition) is 5. The van der Waals surface area contributed by atoms with Crippen molar-refractivity contribution in [2.75, 3.05) is 12.5 Å². The highest BCUT2D eigenvalue weighted by Crippen LogP contribution is 2.35. The van der Waals surface area contributed by atoms with Gasteiger partial charge >= 0.3 is 0 Å². The predicted octanol–water partition coefficient (Wildman–Crippen LogP) is 3.48. The lowest BCUT2D eigenvalue weighted by Gasteiger charge is -2.21. The predicted molar refractivity (Wildman–Crippen MR) is 79.9 cm³/mol. The number of nitrogens with zero attached hydrogens (tertiary/aromatic N) is 1. The Hall–Kier alpha value is -1.43. The summed E-state index contributed by atoms with van der Waals surface area (Å²) in [6.07, 6.45) is 1.76. The van der Waals surface area contributed by atoms with Gasteiger partial charge in [-0.3, -0.25) is 0 Å². The number of nitrogens with two attached hydrogens (primary N) is 1. The zero-order valence-electron chi connectivity index (χ0n) is 10.6. The molecule has 20 heavy (non-hydrogen) atoms. The average molecular weight is 309 g/mol. The Morgan fingerprint density at radius 3 is 3.05 bits per heavy atom. The van der Waals surface area contributed by atoms with Gasteiger partial charge in [0.1, 0.15) is 11.6 Å². The highest BCUT2D eigenvalue weighted by molar-refractivity contribution is 7.98. The van der Waals surface area contributed by atoms with Crippen LogP contribution < -0.4 is 10.5 Å². The molecule has 0 bridgehead atoms. The van der Waals surface area contributed by atoms with E-state index in [1.807, 2.05) is 18.2 Å². The minimum absolute atomic E-state index is 0.287. The van der Waals surface area contributed by atoms with Crippen LogP contribution >= 0.6 is 23.4 Å². The van der Waals surface area contributed by atoms with Gasteiger partial charge in [-0.25, -0.2) is 4.98 Å². The fraction of sp³-hybridized carbons (Fsp3) is 0.214. The second-order valence-electron chi connectivity index (χ2n) is 4.37. The minimum Gasteiger partial charge on any atom is -0.467 e. The standard InChI is InChI=1S/C14H13ClN2O2S/c15-11-3-9-6-18-8-19-14(9)10(4-11)7-20-12-1-2-13(16)17-5-12/h1-5H,6-8H2,(H2,16,17). The van der Waals surface area contributed by atoms with E-state index in [2.05, 4.69) is 4.98 Å². The molecule has 1 aliphatic heterocycles. The zero-order chi connectivity index (χ0) is 13.9. The normalized spacial score (nSPS) is 13.7. The van der Waals surface area contributed by atoms with E-state index in [0.29, 0.717) is 17.4 Å². The van der Waals surface area contributed by atoms with E-state index in [4.69, 9.17) is 26.8 Å². The van der Waals surface area contributed by atoms with Crippen LogP contribution in [0.2, 0.25) is 5.02 Å². The van der Waals surface area contributed by atoms with E-state index < -0.39 is 0 Å². The van der Waals surface area contributed by atoms with Gasteiger partial charge in [0.05, 0.1) is 6.61 Å². The number of nitrogen functional groups attached to an aromatic ring is 1. The molecular formula is C14H13ClN2O2S. The van der Waals surface area contributed by atoms with Gasteiger partial charge in [-0.05, 0) is 24.3 Å². The Bertz CT molecular complexity index is 619. The van der Waals surface area contributed by atoms with Gasteiger partial charge < -0.3 is 15.2 Å².